The predicted molar refractivity (Wildman–Crippen MR) is 61.6 cm³/mol. The van der Waals surface area contributed by atoms with E-state index in [0.29, 0.717) is 11.0 Å². The number of alkyl halides is 3. The molecule has 1 aromatic heterocycles. The zero-order chi connectivity index (χ0) is 13.6. The fourth-order valence-electron chi connectivity index (χ4n) is 1.36. The molecule has 7 heteroatoms. The van der Waals surface area contributed by atoms with Crippen LogP contribution in [0.15, 0.2) is 6.07 Å². The minimum atomic E-state index is -4.30. The van der Waals surface area contributed by atoms with Crippen molar-refractivity contribution >= 4 is 11.6 Å². The molecule has 1 rings (SSSR count). The molecule has 0 amide bonds. The molecule has 1 aromatic rings. The first-order valence-corrected chi connectivity index (χ1v) is 5.95. The Kier molecular flexibility index (Phi) is 5.81. The summed E-state index contributed by atoms with van der Waals surface area (Å²) in [6.45, 7) is 0.670. The van der Waals surface area contributed by atoms with Crippen molar-refractivity contribution in [2.24, 2.45) is 0 Å². The van der Waals surface area contributed by atoms with E-state index in [1.54, 1.807) is 6.07 Å². The van der Waals surface area contributed by atoms with Crippen molar-refractivity contribution in [2.45, 2.75) is 32.4 Å². The zero-order valence-corrected chi connectivity index (χ0v) is 10.7. The predicted octanol–water partition coefficient (Wildman–Crippen LogP) is 3.20. The summed E-state index contributed by atoms with van der Waals surface area (Å²) in [5.41, 5.74) is 0.795. The van der Waals surface area contributed by atoms with E-state index < -0.39 is 12.8 Å². The van der Waals surface area contributed by atoms with E-state index in [1.165, 1.54) is 0 Å². The van der Waals surface area contributed by atoms with Crippen molar-refractivity contribution in [2.75, 3.05) is 13.2 Å². The summed E-state index contributed by atoms with van der Waals surface area (Å²) in [5.74, 6) is 0.410. The third-order valence-corrected chi connectivity index (χ3v) is 2.23. The number of ether oxygens (including phenoxy) is 1. The van der Waals surface area contributed by atoms with Gasteiger partial charge in [0.05, 0.1) is 6.61 Å². The van der Waals surface area contributed by atoms with Gasteiger partial charge in [-0.2, -0.15) is 13.2 Å². The molecule has 0 unspecified atom stereocenters. The van der Waals surface area contributed by atoms with Gasteiger partial charge < -0.3 is 4.74 Å². The second-order valence-electron chi connectivity index (χ2n) is 3.77. The standard InChI is InChI=1S/C11H14ClF3N2O/c1-2-3-8-6-9(12)17-10(16-8)4-5-18-7-11(13,14)15/h6H,2-5,7H2,1H3. The molecule has 0 aliphatic rings. The minimum absolute atomic E-state index is 0.0780. The lowest BCUT2D eigenvalue weighted by Gasteiger charge is -2.07. The highest BCUT2D eigenvalue weighted by molar-refractivity contribution is 6.29. The van der Waals surface area contributed by atoms with E-state index in [1.807, 2.05) is 6.92 Å². The van der Waals surface area contributed by atoms with Crippen molar-refractivity contribution in [3.63, 3.8) is 0 Å². The van der Waals surface area contributed by atoms with Gasteiger partial charge in [0.2, 0.25) is 0 Å². The van der Waals surface area contributed by atoms with Crippen LogP contribution in [0.5, 0.6) is 0 Å². The van der Waals surface area contributed by atoms with Gasteiger partial charge in [0.25, 0.3) is 0 Å². The van der Waals surface area contributed by atoms with Crippen molar-refractivity contribution in [1.29, 1.82) is 0 Å². The summed E-state index contributed by atoms with van der Waals surface area (Å²) < 4.78 is 40.0. The van der Waals surface area contributed by atoms with Crippen LogP contribution in [0.25, 0.3) is 0 Å². The summed E-state index contributed by atoms with van der Waals surface area (Å²) >= 11 is 5.80. The van der Waals surface area contributed by atoms with Crippen LogP contribution in [0.3, 0.4) is 0 Å². The number of rotatable bonds is 6. The molecular weight excluding hydrogens is 269 g/mol. The van der Waals surface area contributed by atoms with E-state index in [4.69, 9.17) is 11.6 Å². The molecule has 0 radical (unpaired) electrons. The van der Waals surface area contributed by atoms with Gasteiger partial charge in [-0.05, 0) is 12.5 Å². The Morgan fingerprint density at radius 3 is 2.61 bits per heavy atom. The molecule has 3 nitrogen and oxygen atoms in total. The Hall–Kier alpha value is -0.880. The summed E-state index contributed by atoms with van der Waals surface area (Å²) in [6.07, 6.45) is -2.41. The number of halogens is 4. The van der Waals surface area contributed by atoms with Crippen molar-refractivity contribution in [3.8, 4) is 0 Å². The quantitative estimate of drug-likeness (QED) is 0.594. The highest BCUT2D eigenvalue weighted by Gasteiger charge is 2.27. The Balaban J connectivity index is 2.46. The summed E-state index contributed by atoms with van der Waals surface area (Å²) in [5, 5.41) is 0.305. The maximum atomic E-state index is 11.8. The van der Waals surface area contributed by atoms with Crippen LogP contribution in [0.1, 0.15) is 24.9 Å². The van der Waals surface area contributed by atoms with E-state index in [2.05, 4.69) is 14.7 Å². The van der Waals surface area contributed by atoms with Crippen molar-refractivity contribution in [1.82, 2.24) is 9.97 Å². The van der Waals surface area contributed by atoms with Gasteiger partial charge in [-0.25, -0.2) is 9.97 Å². The first kappa shape index (κ1) is 15.2. The van der Waals surface area contributed by atoms with E-state index in [0.717, 1.165) is 18.5 Å². The fourth-order valence-corrected chi connectivity index (χ4v) is 1.59. The molecule has 0 aromatic carbocycles. The normalized spacial score (nSPS) is 11.8. The minimum Gasteiger partial charge on any atom is -0.372 e. The van der Waals surface area contributed by atoms with Crippen LogP contribution in [0.2, 0.25) is 5.15 Å². The lowest BCUT2D eigenvalue weighted by molar-refractivity contribution is -0.173. The first-order valence-electron chi connectivity index (χ1n) is 5.57. The second-order valence-corrected chi connectivity index (χ2v) is 4.15. The first-order chi connectivity index (χ1) is 8.40. The molecule has 0 spiro atoms. The smallest absolute Gasteiger partial charge is 0.372 e. The van der Waals surface area contributed by atoms with Gasteiger partial charge in [-0.3, -0.25) is 0 Å². The van der Waals surface area contributed by atoms with E-state index in [-0.39, 0.29) is 13.0 Å². The average Bonchev–Trinajstić information content (AvgIpc) is 2.23. The fraction of sp³-hybridized carbons (Fsp3) is 0.636. The molecule has 0 saturated carbocycles. The van der Waals surface area contributed by atoms with E-state index >= 15 is 0 Å². The highest BCUT2D eigenvalue weighted by atomic mass is 35.5. The maximum absolute atomic E-state index is 11.8. The van der Waals surface area contributed by atoms with Gasteiger partial charge in [-0.1, -0.05) is 24.9 Å². The average molecular weight is 283 g/mol. The number of aromatic nitrogens is 2. The maximum Gasteiger partial charge on any atom is 0.411 e. The zero-order valence-electron chi connectivity index (χ0n) is 9.93. The molecule has 0 aliphatic carbocycles. The van der Waals surface area contributed by atoms with Gasteiger partial charge in [0.1, 0.15) is 17.6 Å². The monoisotopic (exact) mass is 282 g/mol. The summed E-state index contributed by atoms with van der Waals surface area (Å²) in [6, 6.07) is 1.66. The molecule has 102 valence electrons. The topological polar surface area (TPSA) is 35.0 Å². The molecule has 0 saturated heterocycles. The largest absolute Gasteiger partial charge is 0.411 e. The van der Waals surface area contributed by atoms with Gasteiger partial charge in [0.15, 0.2) is 0 Å². The second kappa shape index (κ2) is 6.89. The van der Waals surface area contributed by atoms with Crippen LogP contribution in [-0.4, -0.2) is 29.4 Å². The third kappa shape index (κ3) is 6.16. The molecular formula is C11H14ClF3N2O. The van der Waals surface area contributed by atoms with Gasteiger partial charge >= 0.3 is 6.18 Å². The Bertz CT molecular complexity index is 385. The third-order valence-electron chi connectivity index (χ3n) is 2.04. The van der Waals surface area contributed by atoms with Crippen LogP contribution in [0.4, 0.5) is 13.2 Å². The number of hydrogen-bond acceptors (Lipinski definition) is 3. The molecule has 0 N–H and O–H groups in total. The molecule has 1 heterocycles. The molecule has 0 aliphatic heterocycles. The van der Waals surface area contributed by atoms with Crippen LogP contribution in [-0.2, 0) is 17.6 Å². The van der Waals surface area contributed by atoms with Crippen molar-refractivity contribution < 1.29 is 17.9 Å². The van der Waals surface area contributed by atoms with E-state index in [9.17, 15) is 13.2 Å². The number of nitrogens with zero attached hydrogens (tertiary/aromatic N) is 2. The van der Waals surface area contributed by atoms with Crippen LogP contribution < -0.4 is 0 Å². The van der Waals surface area contributed by atoms with Crippen molar-refractivity contribution in [3.05, 3.63) is 22.7 Å². The Morgan fingerprint density at radius 2 is 2.00 bits per heavy atom. The number of hydrogen-bond donors (Lipinski definition) is 0. The van der Waals surface area contributed by atoms with Gasteiger partial charge in [0, 0.05) is 12.1 Å². The SMILES string of the molecule is CCCc1cc(Cl)nc(CCOCC(F)(F)F)n1. The Labute approximate surface area is 108 Å². The lowest BCUT2D eigenvalue weighted by atomic mass is 10.2. The molecule has 18 heavy (non-hydrogen) atoms. The molecule has 0 fully saturated rings. The molecule has 0 bridgehead atoms. The molecule has 0 atom stereocenters. The van der Waals surface area contributed by atoms with Crippen LogP contribution >= 0.6 is 11.6 Å². The summed E-state index contributed by atoms with van der Waals surface area (Å²) in [4.78, 5) is 8.14. The highest BCUT2D eigenvalue weighted by Crippen LogP contribution is 2.14. The summed E-state index contributed by atoms with van der Waals surface area (Å²) in [7, 11) is 0. The lowest BCUT2D eigenvalue weighted by Crippen LogP contribution is -2.18. The van der Waals surface area contributed by atoms with Gasteiger partial charge in [-0.15, -0.1) is 0 Å². The van der Waals surface area contributed by atoms with Crippen LogP contribution in [0, 0.1) is 0 Å². The number of aryl methyl sites for hydroxylation is 1. The Morgan fingerprint density at radius 1 is 1.28 bits per heavy atom.